The zero-order valence-corrected chi connectivity index (χ0v) is 12.8. The Morgan fingerprint density at radius 3 is 3.11 bits per heavy atom. The van der Waals surface area contributed by atoms with Crippen molar-refractivity contribution in [3.63, 3.8) is 0 Å². The lowest BCUT2D eigenvalue weighted by Gasteiger charge is -2.34. The summed E-state index contributed by atoms with van der Waals surface area (Å²) in [4.78, 5) is 11.9. The summed E-state index contributed by atoms with van der Waals surface area (Å²) >= 11 is 7.68. The molecule has 4 nitrogen and oxygen atoms in total. The largest absolute Gasteiger partial charge is 0.377 e. The lowest BCUT2D eigenvalue weighted by Crippen LogP contribution is -2.44. The predicted octanol–water partition coefficient (Wildman–Crippen LogP) is 3.12. The minimum Gasteiger partial charge on any atom is -0.377 e. The number of rotatable bonds is 4. The Bertz CT molecular complexity index is 469. The summed E-state index contributed by atoms with van der Waals surface area (Å²) in [6, 6.07) is 2.31. The van der Waals surface area contributed by atoms with Gasteiger partial charge in [0.05, 0.1) is 24.9 Å². The number of nitrogens with zero attached hydrogens (tertiary/aromatic N) is 3. The minimum atomic E-state index is 0.300. The van der Waals surface area contributed by atoms with Crippen LogP contribution in [-0.4, -0.2) is 35.8 Å². The molecule has 19 heavy (non-hydrogen) atoms. The van der Waals surface area contributed by atoms with Crippen LogP contribution in [0.3, 0.4) is 0 Å². The van der Waals surface area contributed by atoms with Crippen LogP contribution in [0.15, 0.2) is 17.6 Å². The SMILES string of the molecule is C=C(C)SCc1cc(N2CCOC[C@@H]2C)nc(Cl)n1. The average molecular weight is 300 g/mol. The van der Waals surface area contributed by atoms with Crippen molar-refractivity contribution in [2.75, 3.05) is 24.7 Å². The van der Waals surface area contributed by atoms with E-state index in [0.717, 1.165) is 41.9 Å². The molecule has 1 saturated heterocycles. The van der Waals surface area contributed by atoms with E-state index in [9.17, 15) is 0 Å². The molecule has 2 rings (SSSR count). The van der Waals surface area contributed by atoms with Crippen molar-refractivity contribution >= 4 is 29.2 Å². The van der Waals surface area contributed by atoms with Crippen molar-refractivity contribution in [2.45, 2.75) is 25.6 Å². The molecule has 1 aliphatic heterocycles. The van der Waals surface area contributed by atoms with Gasteiger partial charge >= 0.3 is 0 Å². The third-order valence-corrected chi connectivity index (χ3v) is 3.97. The van der Waals surface area contributed by atoms with Gasteiger partial charge < -0.3 is 9.64 Å². The fraction of sp³-hybridized carbons (Fsp3) is 0.538. The molecule has 0 bridgehead atoms. The molecule has 1 aromatic rings. The maximum absolute atomic E-state index is 6.02. The Balaban J connectivity index is 2.17. The molecule has 1 atom stereocenters. The topological polar surface area (TPSA) is 38.2 Å². The fourth-order valence-corrected chi connectivity index (χ4v) is 2.67. The summed E-state index contributed by atoms with van der Waals surface area (Å²) in [6.45, 7) is 10.3. The second kappa shape index (κ2) is 6.59. The first-order valence-electron chi connectivity index (χ1n) is 6.22. The predicted molar refractivity (Wildman–Crippen MR) is 80.8 cm³/mol. The van der Waals surface area contributed by atoms with E-state index in [-0.39, 0.29) is 0 Å². The highest BCUT2D eigenvalue weighted by Crippen LogP contribution is 2.24. The fourth-order valence-electron chi connectivity index (χ4n) is 1.94. The van der Waals surface area contributed by atoms with Crippen LogP contribution < -0.4 is 4.90 Å². The van der Waals surface area contributed by atoms with Gasteiger partial charge in [-0.2, -0.15) is 0 Å². The van der Waals surface area contributed by atoms with Gasteiger partial charge in [0, 0.05) is 18.4 Å². The molecule has 0 aliphatic carbocycles. The highest BCUT2D eigenvalue weighted by atomic mass is 35.5. The van der Waals surface area contributed by atoms with Gasteiger partial charge in [-0.15, -0.1) is 11.8 Å². The van der Waals surface area contributed by atoms with Crippen LogP contribution in [-0.2, 0) is 10.5 Å². The zero-order valence-electron chi connectivity index (χ0n) is 11.2. The van der Waals surface area contributed by atoms with Gasteiger partial charge in [-0.1, -0.05) is 6.58 Å². The molecule has 1 fully saturated rings. The molecule has 1 aliphatic rings. The van der Waals surface area contributed by atoms with Crippen LogP contribution in [0.4, 0.5) is 5.82 Å². The molecule has 104 valence electrons. The van der Waals surface area contributed by atoms with Crippen molar-refractivity contribution in [2.24, 2.45) is 0 Å². The Morgan fingerprint density at radius 1 is 1.63 bits per heavy atom. The standard InChI is InChI=1S/C13H18ClN3OS/c1-9(2)19-8-11-6-12(16-13(14)15-11)17-4-5-18-7-10(17)3/h6,10H,1,4-5,7-8H2,2-3H3/t10-/m0/s1. The van der Waals surface area contributed by atoms with E-state index in [2.05, 4.69) is 28.4 Å². The molecule has 6 heteroatoms. The summed E-state index contributed by atoms with van der Waals surface area (Å²) in [6.07, 6.45) is 0. The molecular weight excluding hydrogens is 282 g/mol. The summed E-state index contributed by atoms with van der Waals surface area (Å²) in [5.74, 6) is 1.65. The number of hydrogen-bond donors (Lipinski definition) is 0. The molecule has 0 spiro atoms. The lowest BCUT2D eigenvalue weighted by atomic mass is 10.2. The van der Waals surface area contributed by atoms with Gasteiger partial charge in [0.15, 0.2) is 0 Å². The molecule has 0 aromatic carbocycles. The van der Waals surface area contributed by atoms with Crippen molar-refractivity contribution in [3.8, 4) is 0 Å². The number of ether oxygens (including phenoxy) is 1. The van der Waals surface area contributed by atoms with E-state index in [1.54, 1.807) is 11.8 Å². The van der Waals surface area contributed by atoms with E-state index in [1.807, 2.05) is 13.0 Å². The quantitative estimate of drug-likeness (QED) is 0.799. The van der Waals surface area contributed by atoms with Gasteiger partial charge in [0.1, 0.15) is 5.82 Å². The number of anilines is 1. The smallest absolute Gasteiger partial charge is 0.224 e. The highest BCUT2D eigenvalue weighted by molar-refractivity contribution is 8.02. The molecule has 0 saturated carbocycles. The monoisotopic (exact) mass is 299 g/mol. The molecular formula is C13H18ClN3OS. The summed E-state index contributed by atoms with van der Waals surface area (Å²) in [7, 11) is 0. The highest BCUT2D eigenvalue weighted by Gasteiger charge is 2.21. The molecule has 1 aromatic heterocycles. The number of morpholine rings is 1. The van der Waals surface area contributed by atoms with Gasteiger partial charge in [-0.05, 0) is 30.4 Å². The number of aromatic nitrogens is 2. The molecule has 0 N–H and O–H groups in total. The van der Waals surface area contributed by atoms with Crippen LogP contribution in [0.1, 0.15) is 19.5 Å². The second-order valence-electron chi connectivity index (χ2n) is 4.59. The maximum Gasteiger partial charge on any atom is 0.224 e. The van der Waals surface area contributed by atoms with Gasteiger partial charge in [0.2, 0.25) is 5.28 Å². The zero-order chi connectivity index (χ0) is 13.8. The Hall–Kier alpha value is -0.780. The van der Waals surface area contributed by atoms with Gasteiger partial charge in [-0.25, -0.2) is 9.97 Å². The van der Waals surface area contributed by atoms with Crippen LogP contribution in [0.25, 0.3) is 0 Å². The third kappa shape index (κ3) is 4.09. The normalized spacial score (nSPS) is 19.5. The number of thioether (sulfide) groups is 1. The summed E-state index contributed by atoms with van der Waals surface area (Å²) in [5.41, 5.74) is 0.932. The summed E-state index contributed by atoms with van der Waals surface area (Å²) < 4.78 is 5.44. The Morgan fingerprint density at radius 2 is 2.42 bits per heavy atom. The van der Waals surface area contributed by atoms with Gasteiger partial charge in [-0.3, -0.25) is 0 Å². The van der Waals surface area contributed by atoms with Crippen LogP contribution in [0.5, 0.6) is 0 Å². The molecule has 0 amide bonds. The van der Waals surface area contributed by atoms with E-state index < -0.39 is 0 Å². The van der Waals surface area contributed by atoms with Crippen molar-refractivity contribution in [1.82, 2.24) is 9.97 Å². The van der Waals surface area contributed by atoms with E-state index in [0.29, 0.717) is 11.3 Å². The van der Waals surface area contributed by atoms with E-state index >= 15 is 0 Å². The molecule has 2 heterocycles. The van der Waals surface area contributed by atoms with Crippen LogP contribution in [0.2, 0.25) is 5.28 Å². The Kier molecular flexibility index (Phi) is 5.07. The first kappa shape index (κ1) is 14.6. The molecule has 0 radical (unpaired) electrons. The summed E-state index contributed by atoms with van der Waals surface area (Å²) in [5, 5.41) is 0.300. The van der Waals surface area contributed by atoms with Crippen molar-refractivity contribution in [1.29, 1.82) is 0 Å². The van der Waals surface area contributed by atoms with Crippen molar-refractivity contribution < 1.29 is 4.74 Å². The minimum absolute atomic E-state index is 0.300. The second-order valence-corrected chi connectivity index (χ2v) is 6.21. The molecule has 0 unspecified atom stereocenters. The van der Waals surface area contributed by atoms with Crippen LogP contribution >= 0.6 is 23.4 Å². The van der Waals surface area contributed by atoms with E-state index in [4.69, 9.17) is 16.3 Å². The number of allylic oxidation sites excluding steroid dienone is 1. The van der Waals surface area contributed by atoms with Crippen molar-refractivity contribution in [3.05, 3.63) is 28.5 Å². The van der Waals surface area contributed by atoms with Gasteiger partial charge in [0.25, 0.3) is 0 Å². The first-order valence-corrected chi connectivity index (χ1v) is 7.59. The Labute approximate surface area is 123 Å². The number of hydrogen-bond acceptors (Lipinski definition) is 5. The van der Waals surface area contributed by atoms with E-state index in [1.165, 1.54) is 0 Å². The third-order valence-electron chi connectivity index (χ3n) is 2.87. The lowest BCUT2D eigenvalue weighted by molar-refractivity contribution is 0.0985. The maximum atomic E-state index is 6.02. The van der Waals surface area contributed by atoms with Crippen LogP contribution in [0, 0.1) is 0 Å². The first-order chi connectivity index (χ1) is 9.06. The number of halogens is 1. The average Bonchev–Trinajstić information content (AvgIpc) is 2.36.